The molecule has 4 nitrogen and oxygen atoms in total. The van der Waals surface area contributed by atoms with Crippen LogP contribution in [-0.4, -0.2) is 49.4 Å². The van der Waals surface area contributed by atoms with Crippen molar-refractivity contribution in [2.45, 2.75) is 6.54 Å². The molecule has 1 saturated heterocycles. The third kappa shape index (κ3) is 4.29. The molecule has 0 N–H and O–H groups in total. The summed E-state index contributed by atoms with van der Waals surface area (Å²) in [4.78, 5) is 2.51. The number of fused-ring (bicyclic) bond motifs is 1. The minimum atomic E-state index is 0.860. The van der Waals surface area contributed by atoms with E-state index in [1.807, 2.05) is 30.5 Å². The maximum absolute atomic E-state index is 5.27. The molecule has 0 radical (unpaired) electrons. The maximum atomic E-state index is 5.27. The van der Waals surface area contributed by atoms with Gasteiger partial charge in [0.25, 0.3) is 0 Å². The Morgan fingerprint density at radius 3 is 2.56 bits per heavy atom. The van der Waals surface area contributed by atoms with Gasteiger partial charge in [0.15, 0.2) is 0 Å². The summed E-state index contributed by atoms with van der Waals surface area (Å²) in [6.07, 6.45) is 1.92. The van der Waals surface area contributed by atoms with Crippen molar-refractivity contribution in [1.82, 2.24) is 9.91 Å². The molecule has 4 rings (SSSR count). The van der Waals surface area contributed by atoms with Crippen molar-refractivity contribution in [2.24, 2.45) is 5.10 Å². The van der Waals surface area contributed by atoms with Gasteiger partial charge in [0.2, 0.25) is 0 Å². The molecule has 0 amide bonds. The van der Waals surface area contributed by atoms with Gasteiger partial charge >= 0.3 is 0 Å². The van der Waals surface area contributed by atoms with Crippen LogP contribution in [0.4, 0.5) is 0 Å². The van der Waals surface area contributed by atoms with Gasteiger partial charge in [-0.05, 0) is 34.0 Å². The second-order valence-corrected chi connectivity index (χ2v) is 6.89. The number of hydrogen-bond donors (Lipinski definition) is 0. The third-order valence-electron chi connectivity index (χ3n) is 5.09. The van der Waals surface area contributed by atoms with Gasteiger partial charge in [-0.3, -0.25) is 9.91 Å². The first-order valence-corrected chi connectivity index (χ1v) is 9.44. The zero-order valence-corrected chi connectivity index (χ0v) is 15.7. The summed E-state index contributed by atoms with van der Waals surface area (Å²) in [5.41, 5.74) is 2.47. The van der Waals surface area contributed by atoms with E-state index in [0.717, 1.165) is 44.0 Å². The van der Waals surface area contributed by atoms with Crippen LogP contribution in [0, 0.1) is 0 Å². The zero-order chi connectivity index (χ0) is 18.5. The van der Waals surface area contributed by atoms with Gasteiger partial charge in [0.1, 0.15) is 5.75 Å². The van der Waals surface area contributed by atoms with Gasteiger partial charge in [0, 0.05) is 32.7 Å². The Hall–Kier alpha value is -2.85. The van der Waals surface area contributed by atoms with E-state index < -0.39 is 0 Å². The molecule has 0 bridgehead atoms. The van der Waals surface area contributed by atoms with Gasteiger partial charge in [0.05, 0.1) is 13.3 Å². The fourth-order valence-electron chi connectivity index (χ4n) is 3.55. The molecule has 0 aromatic heterocycles. The normalized spacial score (nSPS) is 15.5. The Bertz CT molecular complexity index is 924. The smallest absolute Gasteiger partial charge is 0.119 e. The number of rotatable bonds is 5. The average molecular weight is 359 g/mol. The molecule has 0 atom stereocenters. The Kier molecular flexibility index (Phi) is 5.35. The molecule has 3 aromatic carbocycles. The van der Waals surface area contributed by atoms with Gasteiger partial charge in [-0.2, -0.15) is 5.10 Å². The van der Waals surface area contributed by atoms with Crippen LogP contribution in [0.3, 0.4) is 0 Å². The quantitative estimate of drug-likeness (QED) is 0.645. The fraction of sp³-hybridized carbons (Fsp3) is 0.261. The number of nitrogens with zero attached hydrogens (tertiary/aromatic N) is 3. The molecular formula is C23H25N3O. The Labute approximate surface area is 160 Å². The summed E-state index contributed by atoms with van der Waals surface area (Å²) in [5.74, 6) is 0.860. The van der Waals surface area contributed by atoms with Crippen LogP contribution in [0.2, 0.25) is 0 Å². The molecule has 1 aliphatic heterocycles. The highest BCUT2D eigenvalue weighted by atomic mass is 16.5. The van der Waals surface area contributed by atoms with Crippen LogP contribution in [0.5, 0.6) is 5.75 Å². The molecule has 0 aliphatic carbocycles. The minimum absolute atomic E-state index is 0.860. The highest BCUT2D eigenvalue weighted by molar-refractivity contribution is 5.85. The van der Waals surface area contributed by atoms with Crippen molar-refractivity contribution in [3.8, 4) is 5.75 Å². The number of methoxy groups -OCH3 is 1. The molecule has 3 aromatic rings. The number of piperazine rings is 1. The maximum Gasteiger partial charge on any atom is 0.119 e. The van der Waals surface area contributed by atoms with Crippen LogP contribution in [-0.2, 0) is 6.54 Å². The van der Waals surface area contributed by atoms with Crippen molar-refractivity contribution in [3.63, 3.8) is 0 Å². The van der Waals surface area contributed by atoms with E-state index in [9.17, 15) is 0 Å². The average Bonchev–Trinajstić information content (AvgIpc) is 2.74. The molecule has 1 aliphatic rings. The van der Waals surface area contributed by atoms with Gasteiger partial charge in [-0.25, -0.2) is 0 Å². The third-order valence-corrected chi connectivity index (χ3v) is 5.09. The number of hydrazone groups is 1. The van der Waals surface area contributed by atoms with Crippen molar-refractivity contribution < 1.29 is 4.74 Å². The first kappa shape index (κ1) is 17.6. The van der Waals surface area contributed by atoms with Crippen LogP contribution < -0.4 is 4.74 Å². The zero-order valence-electron chi connectivity index (χ0n) is 15.7. The first-order chi connectivity index (χ1) is 13.3. The number of ether oxygens (including phenoxy) is 1. The van der Waals surface area contributed by atoms with Crippen molar-refractivity contribution in [1.29, 1.82) is 0 Å². The summed E-state index contributed by atoms with van der Waals surface area (Å²) in [6, 6.07) is 23.2. The molecule has 0 unspecified atom stereocenters. The van der Waals surface area contributed by atoms with E-state index >= 15 is 0 Å². The summed E-state index contributed by atoms with van der Waals surface area (Å²) in [5, 5.41) is 9.47. The van der Waals surface area contributed by atoms with Gasteiger partial charge < -0.3 is 4.74 Å². The summed E-state index contributed by atoms with van der Waals surface area (Å²) >= 11 is 0. The van der Waals surface area contributed by atoms with Crippen molar-refractivity contribution >= 4 is 17.0 Å². The molecule has 1 fully saturated rings. The largest absolute Gasteiger partial charge is 0.497 e. The van der Waals surface area contributed by atoms with Gasteiger partial charge in [-0.1, -0.05) is 54.6 Å². The first-order valence-electron chi connectivity index (χ1n) is 9.44. The van der Waals surface area contributed by atoms with E-state index in [1.54, 1.807) is 7.11 Å². The second kappa shape index (κ2) is 8.23. The second-order valence-electron chi connectivity index (χ2n) is 6.89. The molecule has 0 spiro atoms. The minimum Gasteiger partial charge on any atom is -0.497 e. The molecule has 4 heteroatoms. The molecule has 0 saturated carbocycles. The van der Waals surface area contributed by atoms with E-state index in [2.05, 4.69) is 57.5 Å². The predicted octanol–water partition coefficient (Wildman–Crippen LogP) is 4.00. The van der Waals surface area contributed by atoms with Crippen LogP contribution in [0.1, 0.15) is 11.1 Å². The standard InChI is InChI=1S/C23H25N3O/c1-27-22-10-4-6-19(16-22)17-24-26-14-12-25(13-15-26)18-21-9-5-8-20-7-2-3-11-23(20)21/h2-11,16-17H,12-15,18H2,1H3. The topological polar surface area (TPSA) is 28.1 Å². The molecule has 27 heavy (non-hydrogen) atoms. The molecule has 1 heterocycles. The highest BCUT2D eigenvalue weighted by Crippen LogP contribution is 2.20. The van der Waals surface area contributed by atoms with Crippen LogP contribution in [0.25, 0.3) is 10.8 Å². The lowest BCUT2D eigenvalue weighted by molar-refractivity contribution is 0.131. The lowest BCUT2D eigenvalue weighted by Gasteiger charge is -2.33. The van der Waals surface area contributed by atoms with Crippen LogP contribution in [0.15, 0.2) is 71.8 Å². The number of hydrogen-bond acceptors (Lipinski definition) is 4. The van der Waals surface area contributed by atoms with Crippen LogP contribution >= 0.6 is 0 Å². The van der Waals surface area contributed by atoms with Crippen molar-refractivity contribution in [2.75, 3.05) is 33.3 Å². The SMILES string of the molecule is COc1cccc(C=NN2CCN(Cc3cccc4ccccc34)CC2)c1. The van der Waals surface area contributed by atoms with E-state index in [4.69, 9.17) is 4.74 Å². The summed E-state index contributed by atoms with van der Waals surface area (Å²) < 4.78 is 5.27. The monoisotopic (exact) mass is 359 g/mol. The predicted molar refractivity (Wildman–Crippen MR) is 111 cm³/mol. The summed E-state index contributed by atoms with van der Waals surface area (Å²) in [6.45, 7) is 4.95. The van der Waals surface area contributed by atoms with E-state index in [0.29, 0.717) is 0 Å². The van der Waals surface area contributed by atoms with Gasteiger partial charge in [-0.15, -0.1) is 0 Å². The fourth-order valence-corrected chi connectivity index (χ4v) is 3.55. The Morgan fingerprint density at radius 1 is 0.926 bits per heavy atom. The van der Waals surface area contributed by atoms with E-state index in [-0.39, 0.29) is 0 Å². The molecular weight excluding hydrogens is 334 g/mol. The van der Waals surface area contributed by atoms with Crippen molar-refractivity contribution in [3.05, 3.63) is 77.9 Å². The molecule has 138 valence electrons. The lowest BCUT2D eigenvalue weighted by atomic mass is 10.0. The Balaban J connectivity index is 1.35. The highest BCUT2D eigenvalue weighted by Gasteiger charge is 2.16. The summed E-state index contributed by atoms with van der Waals surface area (Å²) in [7, 11) is 1.69. The lowest BCUT2D eigenvalue weighted by Crippen LogP contribution is -2.43. The van der Waals surface area contributed by atoms with E-state index in [1.165, 1.54) is 16.3 Å². The Morgan fingerprint density at radius 2 is 1.70 bits per heavy atom. The number of benzene rings is 3.